The Morgan fingerprint density at radius 3 is 2.75 bits per heavy atom. The van der Waals surface area contributed by atoms with Gasteiger partial charge in [0.15, 0.2) is 0 Å². The van der Waals surface area contributed by atoms with E-state index in [0.29, 0.717) is 11.4 Å². The number of carboxylic acids is 1. The predicted octanol–water partition coefficient (Wildman–Crippen LogP) is 1.78. The van der Waals surface area contributed by atoms with Gasteiger partial charge in [-0.3, -0.25) is 14.2 Å². The summed E-state index contributed by atoms with van der Waals surface area (Å²) in [6.07, 6.45) is 1.30. The molecular formula is C15H15NO4. The van der Waals surface area contributed by atoms with Crippen molar-refractivity contribution in [3.8, 4) is 11.4 Å². The van der Waals surface area contributed by atoms with Gasteiger partial charge in [0.25, 0.3) is 5.56 Å². The molecule has 5 nitrogen and oxygen atoms in total. The molecule has 0 aliphatic heterocycles. The molecule has 5 heteroatoms. The first-order chi connectivity index (χ1) is 9.52. The number of hydrogen-bond donors (Lipinski definition) is 1. The number of aryl methyl sites for hydroxylation is 1. The molecule has 1 heterocycles. The Morgan fingerprint density at radius 1 is 1.35 bits per heavy atom. The second-order valence-corrected chi connectivity index (χ2v) is 4.45. The topological polar surface area (TPSA) is 68.5 Å². The molecule has 0 spiro atoms. The summed E-state index contributed by atoms with van der Waals surface area (Å²) in [4.78, 5) is 23.1. The Kier molecular flexibility index (Phi) is 3.89. The molecule has 0 unspecified atom stereocenters. The van der Waals surface area contributed by atoms with Crippen molar-refractivity contribution in [2.75, 3.05) is 7.11 Å². The van der Waals surface area contributed by atoms with E-state index in [-0.39, 0.29) is 17.5 Å². The highest BCUT2D eigenvalue weighted by Gasteiger charge is 2.11. The van der Waals surface area contributed by atoms with Crippen LogP contribution in [-0.4, -0.2) is 22.8 Å². The van der Waals surface area contributed by atoms with Gasteiger partial charge in [0.2, 0.25) is 0 Å². The van der Waals surface area contributed by atoms with Gasteiger partial charge in [0.1, 0.15) is 5.75 Å². The second kappa shape index (κ2) is 5.61. The molecule has 0 bridgehead atoms. The first kappa shape index (κ1) is 13.9. The third-order valence-electron chi connectivity index (χ3n) is 2.96. The van der Waals surface area contributed by atoms with Crippen LogP contribution in [0.4, 0.5) is 0 Å². The molecule has 2 rings (SSSR count). The number of rotatable bonds is 4. The van der Waals surface area contributed by atoms with Crippen LogP contribution in [0, 0.1) is 6.92 Å². The number of carboxylic acid groups (broad SMARTS) is 1. The van der Waals surface area contributed by atoms with Gasteiger partial charge in [-0.1, -0.05) is 12.1 Å². The van der Waals surface area contributed by atoms with Crippen LogP contribution >= 0.6 is 0 Å². The van der Waals surface area contributed by atoms with Crippen LogP contribution in [0.5, 0.6) is 5.75 Å². The maximum Gasteiger partial charge on any atom is 0.308 e. The van der Waals surface area contributed by atoms with Gasteiger partial charge in [0, 0.05) is 11.8 Å². The summed E-state index contributed by atoms with van der Waals surface area (Å²) in [5.41, 5.74) is 1.50. The number of benzene rings is 1. The van der Waals surface area contributed by atoms with Crippen LogP contribution in [0.1, 0.15) is 11.1 Å². The number of aromatic nitrogens is 1. The molecule has 0 atom stereocenters. The molecule has 1 N–H and O–H groups in total. The highest BCUT2D eigenvalue weighted by atomic mass is 16.5. The monoisotopic (exact) mass is 273 g/mol. The SMILES string of the molecule is COc1cc(C)ccc1-n1cccc(CC(=O)O)c1=O. The zero-order valence-electron chi connectivity index (χ0n) is 11.3. The minimum Gasteiger partial charge on any atom is -0.495 e. The maximum absolute atomic E-state index is 12.3. The Balaban J connectivity index is 2.59. The smallest absolute Gasteiger partial charge is 0.308 e. The normalized spacial score (nSPS) is 10.3. The van der Waals surface area contributed by atoms with Gasteiger partial charge in [-0.05, 0) is 30.7 Å². The van der Waals surface area contributed by atoms with Crippen molar-refractivity contribution in [1.29, 1.82) is 0 Å². The molecule has 2 aromatic rings. The number of hydrogen-bond acceptors (Lipinski definition) is 3. The maximum atomic E-state index is 12.3. The highest BCUT2D eigenvalue weighted by Crippen LogP contribution is 2.22. The van der Waals surface area contributed by atoms with Gasteiger partial charge >= 0.3 is 5.97 Å². The zero-order valence-corrected chi connectivity index (χ0v) is 11.3. The van der Waals surface area contributed by atoms with Crippen molar-refractivity contribution in [3.63, 3.8) is 0 Å². The van der Waals surface area contributed by atoms with E-state index in [0.717, 1.165) is 5.56 Å². The lowest BCUT2D eigenvalue weighted by atomic mass is 10.1. The third-order valence-corrected chi connectivity index (χ3v) is 2.96. The van der Waals surface area contributed by atoms with Crippen LogP contribution in [-0.2, 0) is 11.2 Å². The van der Waals surface area contributed by atoms with Crippen LogP contribution in [0.15, 0.2) is 41.3 Å². The minimum absolute atomic E-state index is 0.239. The molecule has 1 aromatic carbocycles. The fourth-order valence-electron chi connectivity index (χ4n) is 2.01. The predicted molar refractivity (Wildman–Crippen MR) is 74.7 cm³/mol. The van der Waals surface area contributed by atoms with Crippen molar-refractivity contribution in [2.45, 2.75) is 13.3 Å². The minimum atomic E-state index is -1.03. The Labute approximate surface area is 116 Å². The lowest BCUT2D eigenvalue weighted by molar-refractivity contribution is -0.136. The Bertz CT molecular complexity index is 703. The molecule has 0 aliphatic carbocycles. The number of ether oxygens (including phenoxy) is 1. The van der Waals surface area contributed by atoms with Crippen molar-refractivity contribution < 1.29 is 14.6 Å². The summed E-state index contributed by atoms with van der Waals surface area (Å²) >= 11 is 0. The van der Waals surface area contributed by atoms with E-state index in [2.05, 4.69) is 0 Å². The largest absolute Gasteiger partial charge is 0.495 e. The highest BCUT2D eigenvalue weighted by molar-refractivity contribution is 5.70. The summed E-state index contributed by atoms with van der Waals surface area (Å²) in [5, 5.41) is 8.82. The Hall–Kier alpha value is -2.56. The second-order valence-electron chi connectivity index (χ2n) is 4.45. The molecule has 104 valence electrons. The average Bonchev–Trinajstić information content (AvgIpc) is 2.41. The lowest BCUT2D eigenvalue weighted by Gasteiger charge is -2.12. The van der Waals surface area contributed by atoms with E-state index in [4.69, 9.17) is 9.84 Å². The van der Waals surface area contributed by atoms with E-state index >= 15 is 0 Å². The van der Waals surface area contributed by atoms with E-state index in [9.17, 15) is 9.59 Å². The van der Waals surface area contributed by atoms with Crippen LogP contribution < -0.4 is 10.3 Å². The quantitative estimate of drug-likeness (QED) is 0.922. The van der Waals surface area contributed by atoms with E-state index in [1.165, 1.54) is 17.7 Å². The van der Waals surface area contributed by atoms with Gasteiger partial charge in [-0.25, -0.2) is 0 Å². The molecular weight excluding hydrogens is 258 g/mol. The summed E-state index contributed by atoms with van der Waals surface area (Å²) in [6, 6.07) is 8.65. The molecule has 0 saturated heterocycles. The molecule has 20 heavy (non-hydrogen) atoms. The van der Waals surface area contributed by atoms with E-state index < -0.39 is 5.97 Å². The number of pyridine rings is 1. The van der Waals surface area contributed by atoms with E-state index in [1.54, 1.807) is 18.3 Å². The number of carbonyl (C=O) groups is 1. The fourth-order valence-corrected chi connectivity index (χ4v) is 2.01. The van der Waals surface area contributed by atoms with E-state index in [1.807, 2.05) is 19.1 Å². The van der Waals surface area contributed by atoms with Crippen molar-refractivity contribution in [2.24, 2.45) is 0 Å². The number of aliphatic carboxylic acids is 1. The standard InChI is InChI=1S/C15H15NO4/c1-10-5-6-12(13(8-10)20-2)16-7-3-4-11(15(16)19)9-14(17)18/h3-8H,9H2,1-2H3,(H,17,18). The van der Waals surface area contributed by atoms with Crippen LogP contribution in [0.2, 0.25) is 0 Å². The molecule has 0 radical (unpaired) electrons. The summed E-state index contributed by atoms with van der Waals surface area (Å²) in [5.74, 6) is -0.463. The molecule has 0 saturated carbocycles. The van der Waals surface area contributed by atoms with Gasteiger partial charge < -0.3 is 9.84 Å². The summed E-state index contributed by atoms with van der Waals surface area (Å²) in [6.45, 7) is 1.93. The third kappa shape index (κ3) is 2.71. The zero-order chi connectivity index (χ0) is 14.7. The van der Waals surface area contributed by atoms with Crippen LogP contribution in [0.3, 0.4) is 0 Å². The summed E-state index contributed by atoms with van der Waals surface area (Å²) < 4.78 is 6.68. The van der Waals surface area contributed by atoms with Gasteiger partial charge in [-0.2, -0.15) is 0 Å². The fraction of sp³-hybridized carbons (Fsp3) is 0.200. The van der Waals surface area contributed by atoms with Crippen molar-refractivity contribution in [1.82, 2.24) is 4.57 Å². The van der Waals surface area contributed by atoms with Crippen LogP contribution in [0.25, 0.3) is 5.69 Å². The number of nitrogens with zero attached hydrogens (tertiary/aromatic N) is 1. The van der Waals surface area contributed by atoms with Crippen molar-refractivity contribution in [3.05, 3.63) is 58.0 Å². The summed E-state index contributed by atoms with van der Waals surface area (Å²) in [7, 11) is 1.53. The molecule has 0 amide bonds. The van der Waals surface area contributed by atoms with Gasteiger partial charge in [0.05, 0.1) is 19.2 Å². The number of methoxy groups -OCH3 is 1. The molecule has 0 aliphatic rings. The van der Waals surface area contributed by atoms with Crippen molar-refractivity contribution >= 4 is 5.97 Å². The molecule has 1 aromatic heterocycles. The first-order valence-electron chi connectivity index (χ1n) is 6.10. The lowest BCUT2D eigenvalue weighted by Crippen LogP contribution is -2.23. The van der Waals surface area contributed by atoms with Gasteiger partial charge in [-0.15, -0.1) is 0 Å². The first-order valence-corrected chi connectivity index (χ1v) is 6.10. The average molecular weight is 273 g/mol. The molecule has 0 fully saturated rings. The Morgan fingerprint density at radius 2 is 2.10 bits per heavy atom.